The minimum atomic E-state index is -0.362. The molecule has 0 saturated heterocycles. The molecule has 0 radical (unpaired) electrons. The van der Waals surface area contributed by atoms with Gasteiger partial charge in [0.2, 0.25) is 5.91 Å². The van der Waals surface area contributed by atoms with Crippen LogP contribution in [0.15, 0.2) is 65.3 Å². The van der Waals surface area contributed by atoms with Gasteiger partial charge in [0.05, 0.1) is 17.6 Å². The fraction of sp³-hybridized carbons (Fsp3) is 0.182. The summed E-state index contributed by atoms with van der Waals surface area (Å²) in [6.07, 6.45) is 2.46. The van der Waals surface area contributed by atoms with Crippen molar-refractivity contribution in [1.82, 2.24) is 0 Å². The Morgan fingerprint density at radius 3 is 2.33 bits per heavy atom. The first-order valence-corrected chi connectivity index (χ1v) is 8.82. The van der Waals surface area contributed by atoms with E-state index >= 15 is 0 Å². The third-order valence-electron chi connectivity index (χ3n) is 4.20. The molecule has 0 bridgehead atoms. The summed E-state index contributed by atoms with van der Waals surface area (Å²) in [7, 11) is 0. The molecule has 0 aliphatic carbocycles. The van der Waals surface area contributed by atoms with Crippen molar-refractivity contribution in [2.24, 2.45) is 0 Å². The van der Waals surface area contributed by atoms with Crippen molar-refractivity contribution in [2.45, 2.75) is 26.7 Å². The quantitative estimate of drug-likeness (QED) is 0.666. The molecule has 138 valence electrons. The maximum absolute atomic E-state index is 12.4. The largest absolute Gasteiger partial charge is 0.459 e. The summed E-state index contributed by atoms with van der Waals surface area (Å²) < 4.78 is 5.11. The molecule has 1 aromatic heterocycles. The van der Waals surface area contributed by atoms with Crippen LogP contribution in [0.4, 0.5) is 11.4 Å². The monoisotopic (exact) mass is 362 g/mol. The zero-order chi connectivity index (χ0) is 19.2. The maximum atomic E-state index is 12.4. The highest BCUT2D eigenvalue weighted by atomic mass is 16.3. The zero-order valence-corrected chi connectivity index (χ0v) is 15.4. The van der Waals surface area contributed by atoms with Gasteiger partial charge in [0.1, 0.15) is 0 Å². The Labute approximate surface area is 158 Å². The molecule has 2 N–H and O–H groups in total. The summed E-state index contributed by atoms with van der Waals surface area (Å²) in [5.74, 6) is -0.249. The van der Waals surface area contributed by atoms with Gasteiger partial charge < -0.3 is 15.1 Å². The van der Waals surface area contributed by atoms with Gasteiger partial charge in [-0.15, -0.1) is 0 Å². The molecule has 27 heavy (non-hydrogen) atoms. The van der Waals surface area contributed by atoms with E-state index in [0.29, 0.717) is 24.2 Å². The SMILES string of the molecule is Cc1ccc(CCC(=O)Nc2cc(C)ccc2NC(=O)c2ccco2)cc1. The number of nitrogens with one attached hydrogen (secondary N) is 2. The molecule has 2 aromatic carbocycles. The van der Waals surface area contributed by atoms with E-state index in [2.05, 4.69) is 10.6 Å². The Morgan fingerprint density at radius 2 is 1.63 bits per heavy atom. The van der Waals surface area contributed by atoms with Gasteiger partial charge in [-0.1, -0.05) is 35.9 Å². The van der Waals surface area contributed by atoms with Gasteiger partial charge in [-0.05, 0) is 55.7 Å². The van der Waals surface area contributed by atoms with E-state index in [-0.39, 0.29) is 17.6 Å². The molecule has 0 aliphatic rings. The van der Waals surface area contributed by atoms with Crippen molar-refractivity contribution in [3.05, 3.63) is 83.3 Å². The Morgan fingerprint density at radius 1 is 0.889 bits per heavy atom. The van der Waals surface area contributed by atoms with Crippen molar-refractivity contribution >= 4 is 23.2 Å². The highest BCUT2D eigenvalue weighted by Gasteiger charge is 2.13. The standard InChI is InChI=1S/C22H22N2O3/c1-15-5-8-17(9-6-15)10-12-21(25)23-19-14-16(2)7-11-18(19)24-22(26)20-4-3-13-27-20/h3-9,11,13-14H,10,12H2,1-2H3,(H,23,25)(H,24,26). The average molecular weight is 362 g/mol. The van der Waals surface area contributed by atoms with Crippen LogP contribution in [-0.4, -0.2) is 11.8 Å². The number of rotatable bonds is 6. The molecule has 2 amide bonds. The van der Waals surface area contributed by atoms with Crippen molar-refractivity contribution in [3.8, 4) is 0 Å². The van der Waals surface area contributed by atoms with Gasteiger partial charge in [-0.2, -0.15) is 0 Å². The predicted octanol–water partition coefficient (Wildman–Crippen LogP) is 4.72. The van der Waals surface area contributed by atoms with Gasteiger partial charge in [0.25, 0.3) is 5.91 Å². The lowest BCUT2D eigenvalue weighted by Crippen LogP contribution is -2.17. The van der Waals surface area contributed by atoms with E-state index in [1.807, 2.05) is 50.2 Å². The van der Waals surface area contributed by atoms with E-state index in [9.17, 15) is 9.59 Å². The number of aryl methyl sites for hydroxylation is 3. The second kappa shape index (κ2) is 8.36. The normalized spacial score (nSPS) is 10.4. The summed E-state index contributed by atoms with van der Waals surface area (Å²) in [6, 6.07) is 16.9. The predicted molar refractivity (Wildman–Crippen MR) is 106 cm³/mol. The van der Waals surface area contributed by atoms with Crippen LogP contribution in [0.3, 0.4) is 0 Å². The van der Waals surface area contributed by atoms with E-state index in [0.717, 1.165) is 11.1 Å². The van der Waals surface area contributed by atoms with Crippen LogP contribution >= 0.6 is 0 Å². The number of carbonyl (C=O) groups excluding carboxylic acids is 2. The summed E-state index contributed by atoms with van der Waals surface area (Å²) in [4.78, 5) is 24.6. The second-order valence-electron chi connectivity index (χ2n) is 6.51. The number of furan rings is 1. The van der Waals surface area contributed by atoms with Crippen molar-refractivity contribution in [1.29, 1.82) is 0 Å². The summed E-state index contributed by atoms with van der Waals surface area (Å²) in [6.45, 7) is 3.97. The Hall–Kier alpha value is -3.34. The molecule has 5 nitrogen and oxygen atoms in total. The van der Waals surface area contributed by atoms with Crippen LogP contribution in [0.5, 0.6) is 0 Å². The molecule has 0 saturated carbocycles. The van der Waals surface area contributed by atoms with Crippen LogP contribution in [0.1, 0.15) is 33.7 Å². The Bertz CT molecular complexity index is 929. The van der Waals surface area contributed by atoms with Crippen LogP contribution < -0.4 is 10.6 Å². The molecule has 1 heterocycles. The number of anilines is 2. The fourth-order valence-electron chi connectivity index (χ4n) is 2.69. The molecule has 0 fully saturated rings. The lowest BCUT2D eigenvalue weighted by atomic mass is 10.1. The van der Waals surface area contributed by atoms with Crippen molar-refractivity contribution in [3.63, 3.8) is 0 Å². The molecular formula is C22H22N2O3. The topological polar surface area (TPSA) is 71.3 Å². The minimum Gasteiger partial charge on any atom is -0.459 e. The first-order valence-electron chi connectivity index (χ1n) is 8.82. The van der Waals surface area contributed by atoms with Crippen LogP contribution in [0.2, 0.25) is 0 Å². The summed E-state index contributed by atoms with van der Waals surface area (Å²) in [5, 5.41) is 5.68. The van der Waals surface area contributed by atoms with Gasteiger partial charge in [-0.3, -0.25) is 9.59 Å². The lowest BCUT2D eigenvalue weighted by Gasteiger charge is -2.13. The van der Waals surface area contributed by atoms with E-state index < -0.39 is 0 Å². The van der Waals surface area contributed by atoms with Gasteiger partial charge in [-0.25, -0.2) is 0 Å². The second-order valence-corrected chi connectivity index (χ2v) is 6.51. The molecule has 0 unspecified atom stereocenters. The number of amides is 2. The average Bonchev–Trinajstić information content (AvgIpc) is 3.18. The van der Waals surface area contributed by atoms with Gasteiger partial charge in [0.15, 0.2) is 5.76 Å². The van der Waals surface area contributed by atoms with E-state index in [1.54, 1.807) is 18.2 Å². The molecular weight excluding hydrogens is 340 g/mol. The zero-order valence-electron chi connectivity index (χ0n) is 15.4. The fourth-order valence-corrected chi connectivity index (χ4v) is 2.69. The van der Waals surface area contributed by atoms with Crippen LogP contribution in [-0.2, 0) is 11.2 Å². The lowest BCUT2D eigenvalue weighted by molar-refractivity contribution is -0.116. The molecule has 0 spiro atoms. The highest BCUT2D eigenvalue weighted by molar-refractivity contribution is 6.05. The van der Waals surface area contributed by atoms with Gasteiger partial charge >= 0.3 is 0 Å². The molecule has 5 heteroatoms. The first-order chi connectivity index (χ1) is 13.0. The van der Waals surface area contributed by atoms with Crippen LogP contribution in [0.25, 0.3) is 0 Å². The van der Waals surface area contributed by atoms with Crippen molar-refractivity contribution < 1.29 is 14.0 Å². The summed E-state index contributed by atoms with van der Waals surface area (Å²) in [5.41, 5.74) is 4.40. The smallest absolute Gasteiger partial charge is 0.291 e. The third kappa shape index (κ3) is 5.07. The minimum absolute atomic E-state index is 0.102. The number of hydrogen-bond donors (Lipinski definition) is 2. The first kappa shape index (κ1) is 18.5. The summed E-state index contributed by atoms with van der Waals surface area (Å²) >= 11 is 0. The number of hydrogen-bond acceptors (Lipinski definition) is 3. The van der Waals surface area contributed by atoms with Crippen molar-refractivity contribution in [2.75, 3.05) is 10.6 Å². The van der Waals surface area contributed by atoms with E-state index in [4.69, 9.17) is 4.42 Å². The molecule has 3 aromatic rings. The Balaban J connectivity index is 1.66. The molecule has 0 atom stereocenters. The number of benzene rings is 2. The molecule has 0 aliphatic heterocycles. The van der Waals surface area contributed by atoms with E-state index in [1.165, 1.54) is 11.8 Å². The van der Waals surface area contributed by atoms with Gasteiger partial charge in [0, 0.05) is 6.42 Å². The molecule has 3 rings (SSSR count). The highest BCUT2D eigenvalue weighted by Crippen LogP contribution is 2.24. The number of carbonyl (C=O) groups is 2. The third-order valence-corrected chi connectivity index (χ3v) is 4.20. The maximum Gasteiger partial charge on any atom is 0.291 e. The Kier molecular flexibility index (Phi) is 5.71. The van der Waals surface area contributed by atoms with Crippen LogP contribution in [0, 0.1) is 13.8 Å².